The Morgan fingerprint density at radius 2 is 1.86 bits per heavy atom. The molecule has 2 rings (SSSR count). The van der Waals surface area contributed by atoms with Gasteiger partial charge in [0, 0.05) is 16.7 Å². The van der Waals surface area contributed by atoms with Gasteiger partial charge in [0.05, 0.1) is 15.6 Å². The van der Waals surface area contributed by atoms with Crippen LogP contribution in [0.2, 0.25) is 5.02 Å². The maximum Gasteiger partial charge on any atom is 0.238 e. The first-order valence-electron chi connectivity index (χ1n) is 8.37. The number of hydrogen-bond donors (Lipinski definition) is 2. The highest BCUT2D eigenvalue weighted by Gasteiger charge is 2.19. The van der Waals surface area contributed by atoms with E-state index in [1.165, 1.54) is 23.9 Å². The summed E-state index contributed by atoms with van der Waals surface area (Å²) < 4.78 is 50.4. The second kappa shape index (κ2) is 9.89. The van der Waals surface area contributed by atoms with E-state index in [4.69, 9.17) is 16.7 Å². The zero-order chi connectivity index (χ0) is 20.9. The molecular weight excluding hydrogens is 428 g/mol. The molecule has 0 amide bonds. The first-order valence-corrected chi connectivity index (χ1v) is 11.3. The van der Waals surface area contributed by atoms with Gasteiger partial charge >= 0.3 is 0 Å². The van der Waals surface area contributed by atoms with Gasteiger partial charge in [0.1, 0.15) is 11.6 Å². The minimum atomic E-state index is -4.06. The van der Waals surface area contributed by atoms with E-state index < -0.39 is 15.8 Å². The first kappa shape index (κ1) is 22.9. The van der Waals surface area contributed by atoms with Crippen LogP contribution in [0.1, 0.15) is 6.42 Å². The Bertz CT molecular complexity index is 887. The molecule has 0 aliphatic carbocycles. The molecule has 2 aromatic rings. The molecule has 0 bridgehead atoms. The Kier molecular flexibility index (Phi) is 8.08. The van der Waals surface area contributed by atoms with Gasteiger partial charge in [0.2, 0.25) is 10.0 Å². The summed E-state index contributed by atoms with van der Waals surface area (Å²) >= 11 is 7.60. The quantitative estimate of drug-likeness (QED) is 0.569. The van der Waals surface area contributed by atoms with Crippen molar-refractivity contribution in [3.8, 4) is 0 Å². The van der Waals surface area contributed by atoms with Crippen LogP contribution in [0.25, 0.3) is 0 Å². The summed E-state index contributed by atoms with van der Waals surface area (Å²) in [5, 5.41) is 8.04. The number of nitrogens with zero attached hydrogens (tertiary/aromatic N) is 1. The van der Waals surface area contributed by atoms with Gasteiger partial charge in [-0.1, -0.05) is 11.6 Å². The Labute approximate surface area is 173 Å². The lowest BCUT2D eigenvalue weighted by molar-refractivity contribution is 0.391. The van der Waals surface area contributed by atoms with Crippen LogP contribution in [0.15, 0.2) is 46.2 Å². The monoisotopic (exact) mass is 449 g/mol. The van der Waals surface area contributed by atoms with E-state index in [0.717, 1.165) is 23.6 Å². The number of rotatable bonds is 9. The Morgan fingerprint density at radius 3 is 2.39 bits per heavy atom. The van der Waals surface area contributed by atoms with Crippen molar-refractivity contribution in [2.24, 2.45) is 5.14 Å². The fraction of sp³-hybridized carbons (Fsp3) is 0.333. The fourth-order valence-electron chi connectivity index (χ4n) is 2.40. The molecule has 0 heterocycles. The fourth-order valence-corrected chi connectivity index (χ4v) is 4.24. The van der Waals surface area contributed by atoms with Gasteiger partial charge in [-0.2, -0.15) is 0 Å². The van der Waals surface area contributed by atoms with Crippen molar-refractivity contribution in [1.29, 1.82) is 0 Å². The van der Waals surface area contributed by atoms with E-state index in [1.807, 2.05) is 19.0 Å². The number of sulfonamides is 1. The van der Waals surface area contributed by atoms with Crippen molar-refractivity contribution >= 4 is 39.1 Å². The summed E-state index contributed by atoms with van der Waals surface area (Å²) in [5.74, 6) is -0.528. The number of primary sulfonamides is 1. The summed E-state index contributed by atoms with van der Waals surface area (Å²) in [6, 6.07) is 7.93. The molecule has 0 spiro atoms. The van der Waals surface area contributed by atoms with Crippen LogP contribution in [0.3, 0.4) is 0 Å². The molecule has 2 aromatic carbocycles. The lowest BCUT2D eigenvalue weighted by Crippen LogP contribution is -2.28. The minimum absolute atomic E-state index is 0.0255. The van der Waals surface area contributed by atoms with Crippen molar-refractivity contribution < 1.29 is 17.2 Å². The first-order chi connectivity index (χ1) is 13.1. The largest absolute Gasteiger partial charge is 0.378 e. The summed E-state index contributed by atoms with van der Waals surface area (Å²) in [6.45, 7) is 0.746. The molecule has 5 nitrogen and oxygen atoms in total. The number of halogens is 3. The third kappa shape index (κ3) is 6.89. The van der Waals surface area contributed by atoms with E-state index in [2.05, 4.69) is 5.32 Å². The molecule has 0 aromatic heterocycles. The van der Waals surface area contributed by atoms with Gasteiger partial charge in [-0.05, 0) is 63.5 Å². The van der Waals surface area contributed by atoms with Gasteiger partial charge in [0.15, 0.2) is 0 Å². The van der Waals surface area contributed by atoms with Crippen molar-refractivity contribution in [1.82, 2.24) is 4.90 Å². The molecular formula is C18H22ClF2N3O2S2. The summed E-state index contributed by atoms with van der Waals surface area (Å²) in [4.78, 5) is 2.50. The van der Waals surface area contributed by atoms with E-state index in [0.29, 0.717) is 12.2 Å². The van der Waals surface area contributed by atoms with Crippen molar-refractivity contribution in [2.75, 3.05) is 31.7 Å². The summed E-state index contributed by atoms with van der Waals surface area (Å²) in [7, 11) is -0.200. The maximum atomic E-state index is 14.5. The van der Waals surface area contributed by atoms with Gasteiger partial charge in [0.25, 0.3) is 0 Å². The molecule has 0 radical (unpaired) electrons. The molecule has 0 aliphatic rings. The van der Waals surface area contributed by atoms with Crippen molar-refractivity contribution in [2.45, 2.75) is 22.3 Å². The molecule has 10 heteroatoms. The summed E-state index contributed by atoms with van der Waals surface area (Å²) in [5.41, 5.74) is 0.0255. The number of nitrogens with one attached hydrogen (secondary N) is 1. The zero-order valence-electron chi connectivity index (χ0n) is 15.5. The molecule has 154 valence electrons. The maximum absolute atomic E-state index is 14.5. The van der Waals surface area contributed by atoms with Crippen LogP contribution >= 0.6 is 23.4 Å². The van der Waals surface area contributed by atoms with Gasteiger partial charge in [-0.3, -0.25) is 0 Å². The lowest BCUT2D eigenvalue weighted by Gasteiger charge is -2.23. The zero-order valence-corrected chi connectivity index (χ0v) is 17.8. The number of nitrogens with two attached hydrogens (primary N) is 1. The van der Waals surface area contributed by atoms with Crippen LogP contribution in [0.4, 0.5) is 14.5 Å². The standard InChI is InChI=1S/C18H22ClF2N3O2S2/c1-24(2)8-7-13(11-27-14-5-3-12(20)4-6-14)23-18-16(19)9-15(10-17(18)21)28(22,25)26/h3-6,9-10,13,23H,7-8,11H2,1-2H3,(H2,22,25,26)/t13-/m1/s1. The van der Waals surface area contributed by atoms with Crippen LogP contribution < -0.4 is 10.5 Å². The SMILES string of the molecule is CN(C)CC[C@H](CSc1ccc(F)cc1)Nc1c(F)cc(S(N)(=O)=O)cc1Cl. The average Bonchev–Trinajstić information content (AvgIpc) is 2.60. The predicted molar refractivity (Wildman–Crippen MR) is 110 cm³/mol. The molecule has 28 heavy (non-hydrogen) atoms. The molecule has 0 unspecified atom stereocenters. The third-order valence-corrected chi connectivity index (χ3v) is 6.25. The van der Waals surface area contributed by atoms with Crippen LogP contribution in [-0.2, 0) is 10.0 Å². The average molecular weight is 450 g/mol. The molecule has 0 fully saturated rings. The van der Waals surface area contributed by atoms with E-state index >= 15 is 0 Å². The molecule has 0 aliphatic heterocycles. The Balaban J connectivity index is 2.18. The van der Waals surface area contributed by atoms with Crippen LogP contribution in [0, 0.1) is 11.6 Å². The van der Waals surface area contributed by atoms with Gasteiger partial charge in [-0.15, -0.1) is 11.8 Å². The summed E-state index contributed by atoms with van der Waals surface area (Å²) in [6.07, 6.45) is 0.688. The normalized spacial score (nSPS) is 13.0. The predicted octanol–water partition coefficient (Wildman–Crippen LogP) is 3.79. The van der Waals surface area contributed by atoms with E-state index in [9.17, 15) is 17.2 Å². The number of thioether (sulfide) groups is 1. The van der Waals surface area contributed by atoms with E-state index in [-0.39, 0.29) is 27.5 Å². The smallest absolute Gasteiger partial charge is 0.238 e. The van der Waals surface area contributed by atoms with Gasteiger partial charge in [-0.25, -0.2) is 22.3 Å². The number of hydrogen-bond acceptors (Lipinski definition) is 5. The molecule has 0 saturated heterocycles. The lowest BCUT2D eigenvalue weighted by atomic mass is 10.2. The third-order valence-electron chi connectivity index (χ3n) is 3.88. The molecule has 0 saturated carbocycles. The Hall–Kier alpha value is -1.39. The second-order valence-corrected chi connectivity index (χ2v) is 9.57. The Morgan fingerprint density at radius 1 is 1.21 bits per heavy atom. The number of benzene rings is 2. The van der Waals surface area contributed by atoms with Gasteiger partial charge < -0.3 is 10.2 Å². The molecule has 3 N–H and O–H groups in total. The van der Waals surface area contributed by atoms with Crippen molar-refractivity contribution in [3.63, 3.8) is 0 Å². The van der Waals surface area contributed by atoms with Crippen LogP contribution in [-0.4, -0.2) is 45.8 Å². The van der Waals surface area contributed by atoms with Crippen molar-refractivity contribution in [3.05, 3.63) is 53.1 Å². The minimum Gasteiger partial charge on any atom is -0.378 e. The topological polar surface area (TPSA) is 75.4 Å². The highest BCUT2D eigenvalue weighted by atomic mass is 35.5. The highest BCUT2D eigenvalue weighted by Crippen LogP contribution is 2.30. The van der Waals surface area contributed by atoms with E-state index in [1.54, 1.807) is 12.1 Å². The number of anilines is 1. The highest BCUT2D eigenvalue weighted by molar-refractivity contribution is 7.99. The van der Waals surface area contributed by atoms with Crippen LogP contribution in [0.5, 0.6) is 0 Å². The molecule has 1 atom stereocenters. The second-order valence-electron chi connectivity index (χ2n) is 6.51.